The molecule has 1 aromatic carbocycles. The van der Waals surface area contributed by atoms with E-state index in [1.165, 1.54) is 0 Å². The van der Waals surface area contributed by atoms with Gasteiger partial charge in [0, 0.05) is 11.3 Å². The van der Waals surface area contributed by atoms with E-state index in [1.807, 2.05) is 18.2 Å². The van der Waals surface area contributed by atoms with Crippen molar-refractivity contribution in [3.05, 3.63) is 29.3 Å². The molecule has 0 saturated carbocycles. The van der Waals surface area contributed by atoms with Gasteiger partial charge in [0.2, 0.25) is 0 Å². The van der Waals surface area contributed by atoms with Crippen molar-refractivity contribution in [2.45, 2.75) is 24.7 Å². The van der Waals surface area contributed by atoms with Gasteiger partial charge in [0.15, 0.2) is 0 Å². The van der Waals surface area contributed by atoms with Crippen molar-refractivity contribution in [1.29, 1.82) is 5.26 Å². The maximum Gasteiger partial charge on any atom is 0.134 e. The van der Waals surface area contributed by atoms with E-state index in [-0.39, 0.29) is 5.78 Å². The van der Waals surface area contributed by atoms with Crippen LogP contribution >= 0.6 is 12.6 Å². The van der Waals surface area contributed by atoms with Gasteiger partial charge in [-0.2, -0.15) is 5.26 Å². The summed E-state index contributed by atoms with van der Waals surface area (Å²) >= 11 is 4.22. The molecule has 0 atom stereocenters. The molecule has 0 bridgehead atoms. The van der Waals surface area contributed by atoms with Crippen molar-refractivity contribution in [3.63, 3.8) is 0 Å². The first-order chi connectivity index (χ1) is 6.61. The summed E-state index contributed by atoms with van der Waals surface area (Å²) in [6.07, 6.45) is 0.770. The molecule has 0 unspecified atom stereocenters. The summed E-state index contributed by atoms with van der Waals surface area (Å²) in [4.78, 5) is 11.7. The zero-order chi connectivity index (χ0) is 10.6. The van der Waals surface area contributed by atoms with Crippen LogP contribution in [0.4, 0.5) is 0 Å². The summed E-state index contributed by atoms with van der Waals surface area (Å²) in [5.41, 5.74) is 1.84. The third-order valence-corrected chi connectivity index (χ3v) is 2.03. The first kappa shape index (κ1) is 10.8. The molecule has 14 heavy (non-hydrogen) atoms. The van der Waals surface area contributed by atoms with Crippen LogP contribution in [-0.2, 0) is 17.6 Å². The number of carbonyl (C=O) groups excluding carboxylic acids is 1. The minimum Gasteiger partial charge on any atom is -0.300 e. The van der Waals surface area contributed by atoms with E-state index in [9.17, 15) is 4.79 Å². The Labute approximate surface area is 89.0 Å². The molecule has 0 fully saturated rings. The summed E-state index contributed by atoms with van der Waals surface area (Å²) in [5, 5.41) is 8.54. The molecule has 0 heterocycles. The van der Waals surface area contributed by atoms with Crippen molar-refractivity contribution in [3.8, 4) is 6.07 Å². The van der Waals surface area contributed by atoms with Gasteiger partial charge in [-0.25, -0.2) is 0 Å². The molecule has 72 valence electrons. The molecule has 1 aromatic rings. The predicted molar refractivity (Wildman–Crippen MR) is 57.4 cm³/mol. The van der Waals surface area contributed by atoms with Crippen LogP contribution in [0.15, 0.2) is 23.1 Å². The fourth-order valence-electron chi connectivity index (χ4n) is 1.33. The molecule has 0 aliphatic carbocycles. The van der Waals surface area contributed by atoms with Gasteiger partial charge >= 0.3 is 0 Å². The summed E-state index contributed by atoms with van der Waals surface area (Å²) in [6.45, 7) is 1.55. The number of nitriles is 1. The number of Topliss-reactive ketones (excluding diaryl/α,β-unsaturated/α-hetero) is 1. The number of hydrogen-bond donors (Lipinski definition) is 1. The van der Waals surface area contributed by atoms with Crippen molar-refractivity contribution in [1.82, 2.24) is 0 Å². The zero-order valence-electron chi connectivity index (χ0n) is 7.95. The average molecular weight is 205 g/mol. The molecular weight excluding hydrogens is 194 g/mol. The van der Waals surface area contributed by atoms with Crippen molar-refractivity contribution in [2.24, 2.45) is 0 Å². The summed E-state index contributed by atoms with van der Waals surface area (Å²) in [6, 6.07) is 7.65. The third kappa shape index (κ3) is 3.23. The van der Waals surface area contributed by atoms with Gasteiger partial charge in [-0.05, 0) is 30.2 Å². The topological polar surface area (TPSA) is 40.9 Å². The molecule has 0 saturated heterocycles. The second-order valence-corrected chi connectivity index (χ2v) is 3.74. The molecule has 0 aliphatic rings. The monoisotopic (exact) mass is 205 g/mol. The van der Waals surface area contributed by atoms with Crippen LogP contribution in [0.5, 0.6) is 0 Å². The number of benzene rings is 1. The zero-order valence-corrected chi connectivity index (χ0v) is 8.84. The SMILES string of the molecule is CC(=O)Cc1cc(S)cc(CC#N)c1. The van der Waals surface area contributed by atoms with Crippen molar-refractivity contribution < 1.29 is 4.79 Å². The Morgan fingerprint density at radius 1 is 1.43 bits per heavy atom. The molecular formula is C11H11NOS. The van der Waals surface area contributed by atoms with Gasteiger partial charge in [-0.1, -0.05) is 6.07 Å². The minimum atomic E-state index is 0.117. The fourth-order valence-corrected chi connectivity index (χ4v) is 1.66. The van der Waals surface area contributed by atoms with E-state index in [0.29, 0.717) is 12.8 Å². The van der Waals surface area contributed by atoms with Crippen molar-refractivity contribution >= 4 is 18.4 Å². The number of hydrogen-bond acceptors (Lipinski definition) is 3. The van der Waals surface area contributed by atoms with E-state index in [4.69, 9.17) is 5.26 Å². The third-order valence-electron chi connectivity index (χ3n) is 1.77. The van der Waals surface area contributed by atoms with Crippen LogP contribution in [0.25, 0.3) is 0 Å². The van der Waals surface area contributed by atoms with E-state index in [1.54, 1.807) is 6.92 Å². The Kier molecular flexibility index (Phi) is 3.73. The Morgan fingerprint density at radius 3 is 2.64 bits per heavy atom. The number of ketones is 1. The van der Waals surface area contributed by atoms with Crippen LogP contribution in [-0.4, -0.2) is 5.78 Å². The highest BCUT2D eigenvalue weighted by Gasteiger charge is 2.01. The molecule has 3 heteroatoms. The highest BCUT2D eigenvalue weighted by molar-refractivity contribution is 7.80. The van der Waals surface area contributed by atoms with Gasteiger partial charge in [0.25, 0.3) is 0 Å². The normalized spacial score (nSPS) is 9.50. The van der Waals surface area contributed by atoms with E-state index < -0.39 is 0 Å². The number of nitrogens with zero attached hydrogens (tertiary/aromatic N) is 1. The standard InChI is InChI=1S/C11H11NOS/c1-8(13)4-10-5-9(2-3-12)6-11(14)7-10/h5-7,14H,2,4H2,1H3. The second-order valence-electron chi connectivity index (χ2n) is 3.22. The lowest BCUT2D eigenvalue weighted by Crippen LogP contribution is -1.97. The Morgan fingerprint density at radius 2 is 2.07 bits per heavy atom. The minimum absolute atomic E-state index is 0.117. The van der Waals surface area contributed by atoms with E-state index in [0.717, 1.165) is 16.0 Å². The molecule has 0 spiro atoms. The lowest BCUT2D eigenvalue weighted by molar-refractivity contribution is -0.116. The predicted octanol–water partition coefficient (Wildman–Crippen LogP) is 2.17. The maximum absolute atomic E-state index is 10.9. The van der Waals surface area contributed by atoms with Crippen LogP contribution in [0, 0.1) is 11.3 Å². The van der Waals surface area contributed by atoms with Gasteiger partial charge in [0.1, 0.15) is 5.78 Å². The Balaban J connectivity index is 2.96. The number of thiol groups is 1. The van der Waals surface area contributed by atoms with E-state index >= 15 is 0 Å². The quantitative estimate of drug-likeness (QED) is 0.768. The van der Waals surface area contributed by atoms with E-state index in [2.05, 4.69) is 18.7 Å². The van der Waals surface area contributed by atoms with Gasteiger partial charge in [-0.15, -0.1) is 12.6 Å². The van der Waals surface area contributed by atoms with Crippen LogP contribution in [0.3, 0.4) is 0 Å². The molecule has 0 N–H and O–H groups in total. The smallest absolute Gasteiger partial charge is 0.134 e. The van der Waals surface area contributed by atoms with Crippen LogP contribution < -0.4 is 0 Å². The molecule has 2 nitrogen and oxygen atoms in total. The van der Waals surface area contributed by atoms with Gasteiger partial charge < -0.3 is 0 Å². The van der Waals surface area contributed by atoms with Gasteiger partial charge in [0.05, 0.1) is 12.5 Å². The largest absolute Gasteiger partial charge is 0.300 e. The molecule has 0 aliphatic heterocycles. The highest BCUT2D eigenvalue weighted by atomic mass is 32.1. The summed E-state index contributed by atoms with van der Waals surface area (Å²) < 4.78 is 0. The molecule has 0 amide bonds. The van der Waals surface area contributed by atoms with Crippen LogP contribution in [0.2, 0.25) is 0 Å². The molecule has 1 rings (SSSR count). The van der Waals surface area contributed by atoms with Crippen LogP contribution in [0.1, 0.15) is 18.1 Å². The first-order valence-corrected chi connectivity index (χ1v) is 4.74. The highest BCUT2D eigenvalue weighted by Crippen LogP contribution is 2.14. The lowest BCUT2D eigenvalue weighted by Gasteiger charge is -2.02. The average Bonchev–Trinajstić information content (AvgIpc) is 2.01. The Bertz CT molecular complexity index is 393. The summed E-state index contributed by atoms with van der Waals surface area (Å²) in [5.74, 6) is 0.117. The number of carbonyl (C=O) groups is 1. The summed E-state index contributed by atoms with van der Waals surface area (Å²) in [7, 11) is 0. The molecule has 0 radical (unpaired) electrons. The van der Waals surface area contributed by atoms with Crippen molar-refractivity contribution in [2.75, 3.05) is 0 Å². The van der Waals surface area contributed by atoms with Gasteiger partial charge in [-0.3, -0.25) is 4.79 Å². The Hall–Kier alpha value is -1.27. The second kappa shape index (κ2) is 4.83. The maximum atomic E-state index is 10.9. The fraction of sp³-hybridized carbons (Fsp3) is 0.273. The molecule has 0 aromatic heterocycles. The first-order valence-electron chi connectivity index (χ1n) is 4.30. The lowest BCUT2D eigenvalue weighted by atomic mass is 10.0. The number of rotatable bonds is 3.